The third kappa shape index (κ3) is 1.98. The Morgan fingerprint density at radius 1 is 1.36 bits per heavy atom. The lowest BCUT2D eigenvalue weighted by molar-refractivity contribution is 0.100. The van der Waals surface area contributed by atoms with E-state index in [2.05, 4.69) is 0 Å². The highest BCUT2D eigenvalue weighted by atomic mass is 32.2. The number of primary amides is 1. The summed E-state index contributed by atoms with van der Waals surface area (Å²) in [5.41, 5.74) is 5.62. The van der Waals surface area contributed by atoms with Crippen LogP contribution in [0.5, 0.6) is 0 Å². The molecule has 58 valence electrons. The third-order valence-electron chi connectivity index (χ3n) is 1.37. The zero-order valence-corrected chi connectivity index (χ0v) is 7.02. The summed E-state index contributed by atoms with van der Waals surface area (Å²) in [5, 5.41) is 0. The van der Waals surface area contributed by atoms with Crippen LogP contribution in [0.4, 0.5) is 0 Å². The van der Waals surface area contributed by atoms with E-state index < -0.39 is 0 Å². The minimum absolute atomic E-state index is 0.377. The van der Waals surface area contributed by atoms with Gasteiger partial charge in [0.2, 0.25) is 5.91 Å². The lowest BCUT2D eigenvalue weighted by atomic mass is 10.2. The van der Waals surface area contributed by atoms with Crippen molar-refractivity contribution >= 4 is 17.7 Å². The predicted molar refractivity (Wildman–Crippen MR) is 46.7 cm³/mol. The van der Waals surface area contributed by atoms with Crippen molar-refractivity contribution in [2.24, 2.45) is 5.73 Å². The minimum Gasteiger partial charge on any atom is -0.366 e. The van der Waals surface area contributed by atoms with Crippen molar-refractivity contribution in [1.82, 2.24) is 0 Å². The summed E-state index contributed by atoms with van der Waals surface area (Å²) in [5.74, 6) is -0.377. The van der Waals surface area contributed by atoms with Crippen molar-refractivity contribution in [3.63, 3.8) is 0 Å². The molecule has 1 rings (SSSR count). The summed E-state index contributed by atoms with van der Waals surface area (Å²) < 4.78 is 0. The van der Waals surface area contributed by atoms with E-state index in [4.69, 9.17) is 5.73 Å². The van der Waals surface area contributed by atoms with Gasteiger partial charge in [0.25, 0.3) is 0 Å². The molecule has 0 aromatic heterocycles. The van der Waals surface area contributed by atoms with Crippen molar-refractivity contribution in [3.8, 4) is 0 Å². The van der Waals surface area contributed by atoms with Crippen LogP contribution in [0.25, 0.3) is 0 Å². The van der Waals surface area contributed by atoms with Gasteiger partial charge in [0.15, 0.2) is 0 Å². The lowest BCUT2D eigenvalue weighted by Gasteiger charge is -1.96. The van der Waals surface area contributed by atoms with E-state index >= 15 is 0 Å². The number of carbonyl (C=O) groups is 1. The van der Waals surface area contributed by atoms with Crippen LogP contribution in [0.15, 0.2) is 29.2 Å². The van der Waals surface area contributed by atoms with Crippen LogP contribution in [0, 0.1) is 0 Å². The van der Waals surface area contributed by atoms with Gasteiger partial charge in [-0.05, 0) is 30.5 Å². The summed E-state index contributed by atoms with van der Waals surface area (Å²) in [4.78, 5) is 11.8. The molecule has 1 amide bonds. The van der Waals surface area contributed by atoms with Crippen molar-refractivity contribution in [3.05, 3.63) is 29.8 Å². The Morgan fingerprint density at radius 2 is 1.91 bits per heavy atom. The summed E-state index contributed by atoms with van der Waals surface area (Å²) in [6, 6.07) is 7.22. The van der Waals surface area contributed by atoms with Crippen LogP contribution in [-0.2, 0) is 0 Å². The van der Waals surface area contributed by atoms with Crippen LogP contribution < -0.4 is 5.73 Å². The highest BCUT2D eigenvalue weighted by Crippen LogP contribution is 2.14. The zero-order chi connectivity index (χ0) is 8.27. The first-order valence-electron chi connectivity index (χ1n) is 3.18. The van der Waals surface area contributed by atoms with E-state index in [1.165, 1.54) is 0 Å². The molecule has 0 aliphatic heterocycles. The van der Waals surface area contributed by atoms with E-state index in [-0.39, 0.29) is 5.91 Å². The normalized spacial score (nSPS) is 9.55. The number of nitrogens with two attached hydrogens (primary N) is 1. The number of rotatable bonds is 2. The first-order valence-corrected chi connectivity index (χ1v) is 4.40. The zero-order valence-electron chi connectivity index (χ0n) is 6.20. The quantitative estimate of drug-likeness (QED) is 0.678. The molecule has 0 radical (unpaired) electrons. The van der Waals surface area contributed by atoms with Crippen LogP contribution in [0.1, 0.15) is 10.4 Å². The van der Waals surface area contributed by atoms with E-state index in [9.17, 15) is 4.79 Å². The Morgan fingerprint density at radius 3 is 2.27 bits per heavy atom. The first kappa shape index (κ1) is 8.14. The highest BCUT2D eigenvalue weighted by Gasteiger charge is 1.97. The number of benzene rings is 1. The summed E-state index contributed by atoms with van der Waals surface area (Å²) in [6.07, 6.45) is 1.99. The molecule has 0 fully saturated rings. The monoisotopic (exact) mass is 167 g/mol. The molecule has 1 aromatic rings. The van der Waals surface area contributed by atoms with Gasteiger partial charge < -0.3 is 5.73 Å². The highest BCUT2D eigenvalue weighted by molar-refractivity contribution is 7.98. The smallest absolute Gasteiger partial charge is 0.248 e. The molecule has 0 bridgehead atoms. The number of carbonyl (C=O) groups excluding carboxylic acids is 1. The van der Waals surface area contributed by atoms with Gasteiger partial charge in [-0.25, -0.2) is 0 Å². The van der Waals surface area contributed by atoms with Crippen LogP contribution in [0.3, 0.4) is 0 Å². The Hall–Kier alpha value is -0.960. The number of thioether (sulfide) groups is 1. The van der Waals surface area contributed by atoms with Gasteiger partial charge in [-0.3, -0.25) is 4.79 Å². The Balaban J connectivity index is 2.91. The maximum Gasteiger partial charge on any atom is 0.248 e. The standard InChI is InChI=1S/C8H9NOS/c1-11-7-4-2-6(3-5-7)8(9)10/h2-5H,1H3,(H2,9,10). The first-order chi connectivity index (χ1) is 5.24. The topological polar surface area (TPSA) is 43.1 Å². The Kier molecular flexibility index (Phi) is 2.54. The van der Waals surface area contributed by atoms with Crippen LogP contribution >= 0.6 is 11.8 Å². The van der Waals surface area contributed by atoms with E-state index in [1.54, 1.807) is 23.9 Å². The van der Waals surface area contributed by atoms with E-state index in [0.29, 0.717) is 5.56 Å². The molecule has 0 saturated carbocycles. The van der Waals surface area contributed by atoms with Gasteiger partial charge in [0.05, 0.1) is 0 Å². The minimum atomic E-state index is -0.377. The lowest BCUT2D eigenvalue weighted by Crippen LogP contribution is -2.10. The van der Waals surface area contributed by atoms with Gasteiger partial charge in [0.1, 0.15) is 0 Å². The van der Waals surface area contributed by atoms with Crippen molar-refractivity contribution in [1.29, 1.82) is 0 Å². The second-order valence-electron chi connectivity index (χ2n) is 2.09. The molecule has 0 heterocycles. The number of hydrogen-bond donors (Lipinski definition) is 1. The Bertz CT molecular complexity index is 255. The van der Waals surface area contributed by atoms with Gasteiger partial charge in [0, 0.05) is 10.5 Å². The molecule has 11 heavy (non-hydrogen) atoms. The average Bonchev–Trinajstić information content (AvgIpc) is 2.05. The summed E-state index contributed by atoms with van der Waals surface area (Å²) in [6.45, 7) is 0. The molecular weight excluding hydrogens is 158 g/mol. The van der Waals surface area contributed by atoms with E-state index in [1.807, 2.05) is 18.4 Å². The number of hydrogen-bond acceptors (Lipinski definition) is 2. The molecular formula is C8H9NOS. The molecule has 2 N–H and O–H groups in total. The molecule has 1 aromatic carbocycles. The van der Waals surface area contributed by atoms with Crippen molar-refractivity contribution < 1.29 is 4.79 Å². The molecule has 0 aliphatic rings. The SMILES string of the molecule is CSc1ccc(C(N)=O)cc1. The Labute approximate surface area is 69.8 Å². The summed E-state index contributed by atoms with van der Waals surface area (Å²) in [7, 11) is 0. The van der Waals surface area contributed by atoms with Crippen LogP contribution in [0.2, 0.25) is 0 Å². The average molecular weight is 167 g/mol. The maximum atomic E-state index is 10.6. The molecule has 0 atom stereocenters. The number of amides is 1. The fourth-order valence-corrected chi connectivity index (χ4v) is 1.16. The van der Waals surface area contributed by atoms with Gasteiger partial charge in [-0.2, -0.15) is 0 Å². The molecule has 0 spiro atoms. The van der Waals surface area contributed by atoms with Crippen molar-refractivity contribution in [2.75, 3.05) is 6.26 Å². The molecule has 3 heteroatoms. The van der Waals surface area contributed by atoms with Crippen molar-refractivity contribution in [2.45, 2.75) is 4.90 Å². The molecule has 0 saturated heterocycles. The molecule has 0 aliphatic carbocycles. The fourth-order valence-electron chi connectivity index (χ4n) is 0.755. The predicted octanol–water partition coefficient (Wildman–Crippen LogP) is 1.51. The maximum absolute atomic E-state index is 10.6. The largest absolute Gasteiger partial charge is 0.366 e. The fraction of sp³-hybridized carbons (Fsp3) is 0.125. The second kappa shape index (κ2) is 3.44. The molecule has 0 unspecified atom stereocenters. The van der Waals surface area contributed by atoms with Gasteiger partial charge in [-0.15, -0.1) is 11.8 Å². The summed E-state index contributed by atoms with van der Waals surface area (Å²) >= 11 is 1.64. The third-order valence-corrected chi connectivity index (χ3v) is 2.12. The van der Waals surface area contributed by atoms with Gasteiger partial charge >= 0.3 is 0 Å². The van der Waals surface area contributed by atoms with Crippen LogP contribution in [-0.4, -0.2) is 12.2 Å². The molecule has 2 nitrogen and oxygen atoms in total. The second-order valence-corrected chi connectivity index (χ2v) is 2.97. The van der Waals surface area contributed by atoms with Gasteiger partial charge in [-0.1, -0.05) is 0 Å². The van der Waals surface area contributed by atoms with E-state index in [0.717, 1.165) is 4.90 Å².